The molecule has 1 amide bonds. The number of carbonyl (C=O) groups is 2. The van der Waals surface area contributed by atoms with E-state index in [1.165, 1.54) is 13.2 Å². The largest absolute Gasteiger partial charge is 0.548 e. The fraction of sp³-hybridized carbons (Fsp3) is 0.353. The van der Waals surface area contributed by atoms with Crippen molar-refractivity contribution in [1.82, 2.24) is 5.32 Å². The minimum atomic E-state index is -1.38. The monoisotopic (exact) mass is 366 g/mol. The van der Waals surface area contributed by atoms with Gasteiger partial charge in [-0.05, 0) is 25.0 Å². The maximum absolute atomic E-state index is 12.2. The van der Waals surface area contributed by atoms with Gasteiger partial charge in [0.2, 0.25) is 5.91 Å². The Morgan fingerprint density at radius 2 is 2.08 bits per heavy atom. The second kappa shape index (κ2) is 7.57. The second-order valence-electron chi connectivity index (χ2n) is 5.50. The number of carbonyl (C=O) groups excluding carboxylic acids is 2. The first kappa shape index (κ1) is 18.8. The van der Waals surface area contributed by atoms with Crippen LogP contribution in [0.3, 0.4) is 0 Å². The van der Waals surface area contributed by atoms with Crippen LogP contribution in [0.1, 0.15) is 24.5 Å². The summed E-state index contributed by atoms with van der Waals surface area (Å²) in [6.45, 7) is 3.27. The summed E-state index contributed by atoms with van der Waals surface area (Å²) >= 11 is 6.10. The third kappa shape index (κ3) is 3.93. The van der Waals surface area contributed by atoms with Crippen LogP contribution in [-0.2, 0) is 16.0 Å². The number of amides is 1. The molecule has 0 radical (unpaired) electrons. The normalized spacial score (nSPS) is 12.0. The lowest BCUT2D eigenvalue weighted by Crippen LogP contribution is -2.48. The van der Waals surface area contributed by atoms with Crippen molar-refractivity contribution in [3.8, 4) is 5.75 Å². The molecule has 0 spiro atoms. The van der Waals surface area contributed by atoms with Crippen molar-refractivity contribution < 1.29 is 23.8 Å². The quantitative estimate of drug-likeness (QED) is 0.762. The minimum Gasteiger partial charge on any atom is -0.548 e. The second-order valence-corrected chi connectivity index (χ2v) is 5.91. The van der Waals surface area contributed by atoms with Gasteiger partial charge in [-0.15, -0.1) is 0 Å². The number of benzene rings is 1. The fourth-order valence-electron chi connectivity index (χ4n) is 2.48. The molecule has 0 fully saturated rings. The molecule has 0 unspecified atom stereocenters. The van der Waals surface area contributed by atoms with Crippen LogP contribution in [-0.4, -0.2) is 25.0 Å². The zero-order chi connectivity index (χ0) is 18.7. The van der Waals surface area contributed by atoms with Crippen molar-refractivity contribution in [2.75, 3.05) is 7.11 Å². The number of ether oxygens (including phenoxy) is 1. The number of carboxylic acids is 1. The molecule has 8 heteroatoms. The van der Waals surface area contributed by atoms with Crippen molar-refractivity contribution in [2.45, 2.75) is 32.7 Å². The molecule has 7 nitrogen and oxygen atoms in total. The van der Waals surface area contributed by atoms with Crippen molar-refractivity contribution in [3.63, 3.8) is 0 Å². The predicted molar refractivity (Wildman–Crippen MR) is 89.7 cm³/mol. The molecule has 0 bridgehead atoms. The Hall–Kier alpha value is -2.54. The van der Waals surface area contributed by atoms with Crippen LogP contribution in [0.15, 0.2) is 21.3 Å². The molecule has 1 N–H and O–H groups in total. The standard InChI is InChI=1S/C17H18ClNO6/c1-4-12(16(21)22)19-15(20)6-10-8(2)9-5-11(18)14(24-3)7-13(9)25-17(10)23/h5,7,12H,4,6H2,1-3H3,(H,19,20)(H,21,22)/p-1/t12-/m0/s1. The van der Waals surface area contributed by atoms with Crippen molar-refractivity contribution >= 4 is 34.4 Å². The van der Waals surface area contributed by atoms with Crippen molar-refractivity contribution in [2.24, 2.45) is 0 Å². The number of fused-ring (bicyclic) bond motifs is 1. The van der Waals surface area contributed by atoms with Crippen LogP contribution < -0.4 is 20.8 Å². The Balaban J connectivity index is 2.40. The van der Waals surface area contributed by atoms with Crippen LogP contribution >= 0.6 is 11.6 Å². The van der Waals surface area contributed by atoms with Gasteiger partial charge in [-0.3, -0.25) is 4.79 Å². The van der Waals surface area contributed by atoms with Crippen LogP contribution in [0.4, 0.5) is 0 Å². The van der Waals surface area contributed by atoms with E-state index in [2.05, 4.69) is 5.32 Å². The summed E-state index contributed by atoms with van der Waals surface area (Å²) in [6, 6.07) is 1.98. The summed E-state index contributed by atoms with van der Waals surface area (Å²) in [7, 11) is 1.44. The highest BCUT2D eigenvalue weighted by atomic mass is 35.5. The van der Waals surface area contributed by atoms with Crippen LogP contribution in [0.2, 0.25) is 5.02 Å². The summed E-state index contributed by atoms with van der Waals surface area (Å²) in [5, 5.41) is 14.1. The molecule has 0 aliphatic carbocycles. The smallest absolute Gasteiger partial charge is 0.340 e. The van der Waals surface area contributed by atoms with E-state index < -0.39 is 23.5 Å². The maximum atomic E-state index is 12.2. The first-order chi connectivity index (χ1) is 11.8. The van der Waals surface area contributed by atoms with E-state index in [1.807, 2.05) is 0 Å². The van der Waals surface area contributed by atoms with Gasteiger partial charge in [0.05, 0.1) is 36.1 Å². The lowest BCUT2D eigenvalue weighted by atomic mass is 10.0. The number of hydrogen-bond donors (Lipinski definition) is 1. The Morgan fingerprint density at radius 3 is 2.64 bits per heavy atom. The van der Waals surface area contributed by atoms with Gasteiger partial charge in [-0.1, -0.05) is 18.5 Å². The lowest BCUT2D eigenvalue weighted by molar-refractivity contribution is -0.308. The highest BCUT2D eigenvalue weighted by Gasteiger charge is 2.18. The molecule has 1 heterocycles. The summed E-state index contributed by atoms with van der Waals surface area (Å²) in [6.07, 6.45) is -0.133. The molecule has 0 saturated heterocycles. The van der Waals surface area contributed by atoms with E-state index in [1.54, 1.807) is 19.9 Å². The molecule has 1 atom stereocenters. The van der Waals surface area contributed by atoms with E-state index in [9.17, 15) is 19.5 Å². The topological polar surface area (TPSA) is 109 Å². The Bertz CT molecular complexity index is 889. The van der Waals surface area contributed by atoms with E-state index in [0.29, 0.717) is 21.7 Å². The number of methoxy groups -OCH3 is 1. The molecule has 134 valence electrons. The lowest BCUT2D eigenvalue weighted by Gasteiger charge is -2.18. The average molecular weight is 367 g/mol. The molecule has 2 aromatic rings. The number of hydrogen-bond acceptors (Lipinski definition) is 6. The van der Waals surface area contributed by atoms with E-state index >= 15 is 0 Å². The molecule has 1 aromatic carbocycles. The van der Waals surface area contributed by atoms with Gasteiger partial charge in [0.15, 0.2) is 0 Å². The van der Waals surface area contributed by atoms with E-state index in [0.717, 1.165) is 0 Å². The summed E-state index contributed by atoms with van der Waals surface area (Å²) in [5.74, 6) is -1.62. The number of carboxylic acid groups (broad SMARTS) is 1. The molecule has 25 heavy (non-hydrogen) atoms. The molecular formula is C17H17ClNO6-. The summed E-state index contributed by atoms with van der Waals surface area (Å²) < 4.78 is 10.3. The van der Waals surface area contributed by atoms with Gasteiger partial charge in [-0.2, -0.15) is 0 Å². The van der Waals surface area contributed by atoms with E-state index in [-0.39, 0.29) is 24.0 Å². The van der Waals surface area contributed by atoms with Gasteiger partial charge in [0, 0.05) is 11.5 Å². The number of aryl methyl sites for hydroxylation is 1. The van der Waals surface area contributed by atoms with Gasteiger partial charge in [0.1, 0.15) is 11.3 Å². The number of aliphatic carboxylic acids is 1. The van der Waals surface area contributed by atoms with Gasteiger partial charge >= 0.3 is 5.63 Å². The fourth-order valence-corrected chi connectivity index (χ4v) is 2.72. The maximum Gasteiger partial charge on any atom is 0.340 e. The van der Waals surface area contributed by atoms with E-state index in [4.69, 9.17) is 20.8 Å². The SMILES string of the molecule is CC[C@H](NC(=O)Cc1c(C)c2cc(Cl)c(OC)cc2oc1=O)C(=O)[O-]. The summed E-state index contributed by atoms with van der Waals surface area (Å²) in [4.78, 5) is 35.2. The Morgan fingerprint density at radius 1 is 1.40 bits per heavy atom. The first-order valence-electron chi connectivity index (χ1n) is 7.58. The molecule has 0 aliphatic rings. The number of halogens is 1. The third-order valence-electron chi connectivity index (χ3n) is 3.93. The Kier molecular flexibility index (Phi) is 5.69. The molecule has 0 saturated carbocycles. The highest BCUT2D eigenvalue weighted by Crippen LogP contribution is 2.31. The molecular weight excluding hydrogens is 350 g/mol. The van der Waals surface area contributed by atoms with Gasteiger partial charge < -0.3 is 24.4 Å². The first-order valence-corrected chi connectivity index (χ1v) is 7.96. The molecule has 0 aliphatic heterocycles. The van der Waals surface area contributed by atoms with Crippen LogP contribution in [0.25, 0.3) is 11.0 Å². The number of rotatable bonds is 6. The highest BCUT2D eigenvalue weighted by molar-refractivity contribution is 6.32. The zero-order valence-corrected chi connectivity index (χ0v) is 14.7. The van der Waals surface area contributed by atoms with Gasteiger partial charge in [0.25, 0.3) is 0 Å². The minimum absolute atomic E-state index is 0.138. The average Bonchev–Trinajstić information content (AvgIpc) is 2.56. The number of nitrogens with one attached hydrogen (secondary N) is 1. The predicted octanol–water partition coefficient (Wildman–Crippen LogP) is 0.951. The van der Waals surface area contributed by atoms with Crippen LogP contribution in [0, 0.1) is 6.92 Å². The van der Waals surface area contributed by atoms with Crippen molar-refractivity contribution in [1.29, 1.82) is 0 Å². The van der Waals surface area contributed by atoms with Gasteiger partial charge in [-0.25, -0.2) is 4.79 Å². The third-order valence-corrected chi connectivity index (χ3v) is 4.22. The summed E-state index contributed by atoms with van der Waals surface area (Å²) in [5.41, 5.74) is 0.284. The Labute approximate surface area is 148 Å². The van der Waals surface area contributed by atoms with Crippen molar-refractivity contribution in [3.05, 3.63) is 38.7 Å². The molecule has 1 aromatic heterocycles. The zero-order valence-electron chi connectivity index (χ0n) is 14.0. The molecule has 2 rings (SSSR count). The van der Waals surface area contributed by atoms with Crippen LogP contribution in [0.5, 0.6) is 5.75 Å².